The molecule has 0 aromatic carbocycles. The van der Waals surface area contributed by atoms with E-state index in [0.717, 1.165) is 0 Å². The van der Waals surface area contributed by atoms with Crippen LogP contribution in [-0.2, 0) is 4.74 Å². The van der Waals surface area contributed by atoms with Crippen molar-refractivity contribution < 1.29 is 15.0 Å². The van der Waals surface area contributed by atoms with Crippen LogP contribution in [0.25, 0.3) is 5.43 Å². The van der Waals surface area contributed by atoms with E-state index in [0.29, 0.717) is 5.12 Å². The van der Waals surface area contributed by atoms with Gasteiger partial charge in [0.15, 0.2) is 6.73 Å². The minimum Gasteiger partial charge on any atom is -0.584 e. The molecule has 8 nitrogen and oxygen atoms in total. The van der Waals surface area contributed by atoms with Gasteiger partial charge >= 0.3 is 0 Å². The topological polar surface area (TPSA) is 92.3 Å². The zero-order valence-electron chi connectivity index (χ0n) is 7.73. The average molecular weight is 190 g/mol. The van der Waals surface area contributed by atoms with Gasteiger partial charge in [-0.2, -0.15) is 0 Å². The van der Waals surface area contributed by atoms with Crippen molar-refractivity contribution in [1.82, 2.24) is 0 Å². The van der Waals surface area contributed by atoms with Crippen molar-refractivity contribution in [1.29, 1.82) is 0 Å². The second kappa shape index (κ2) is 7.71. The highest BCUT2D eigenvalue weighted by Gasteiger charge is 1.99. The molecule has 0 saturated heterocycles. The molecule has 0 saturated carbocycles. The van der Waals surface area contributed by atoms with Crippen LogP contribution in [0.15, 0.2) is 15.4 Å². The van der Waals surface area contributed by atoms with Crippen LogP contribution in [0.2, 0.25) is 0 Å². The average Bonchev–Trinajstić information content (AvgIpc) is 2.10. The largest absolute Gasteiger partial charge is 0.584 e. The van der Waals surface area contributed by atoms with Gasteiger partial charge in [0.2, 0.25) is 6.73 Å². The van der Waals surface area contributed by atoms with Crippen molar-refractivity contribution in [2.75, 3.05) is 27.6 Å². The number of nitrogens with zero attached hydrogens (tertiary/aromatic N) is 4. The first kappa shape index (κ1) is 12.1. The molecule has 2 N–H and O–H groups in total. The highest BCUT2D eigenvalue weighted by molar-refractivity contribution is 5.22. The summed E-state index contributed by atoms with van der Waals surface area (Å²) in [5.41, 5.74) is 3.74. The quantitative estimate of drug-likeness (QED) is 0.155. The van der Waals surface area contributed by atoms with E-state index in [1.165, 1.54) is 14.1 Å². The maximum atomic E-state index is 10.8. The summed E-state index contributed by atoms with van der Waals surface area (Å²) < 4.78 is 4.95. The third-order valence-corrected chi connectivity index (χ3v) is 1.19. The molecule has 2 unspecified atom stereocenters. The summed E-state index contributed by atoms with van der Waals surface area (Å²) in [6.45, 7) is 3.28. The van der Waals surface area contributed by atoms with Gasteiger partial charge in [-0.05, 0) is 5.22 Å². The van der Waals surface area contributed by atoms with Gasteiger partial charge in [-0.1, -0.05) is 0 Å². The molecule has 0 amide bonds. The Kier molecular flexibility index (Phi) is 7.15. The summed E-state index contributed by atoms with van der Waals surface area (Å²) in [4.78, 5) is 0. The van der Waals surface area contributed by atoms with E-state index in [4.69, 9.17) is 4.74 Å². The van der Waals surface area contributed by atoms with Gasteiger partial charge in [0.1, 0.15) is 7.05 Å². The molecule has 13 heavy (non-hydrogen) atoms. The van der Waals surface area contributed by atoms with Gasteiger partial charge in [0.05, 0.1) is 0 Å². The van der Waals surface area contributed by atoms with Crippen molar-refractivity contribution in [2.45, 2.75) is 0 Å². The summed E-state index contributed by atoms with van der Waals surface area (Å²) in [6, 6.07) is 0. The fourth-order valence-electron chi connectivity index (χ4n) is 0.577. The van der Waals surface area contributed by atoms with Gasteiger partial charge in [0, 0.05) is 6.72 Å². The highest BCUT2D eigenvalue weighted by atomic mass is 16.6. The van der Waals surface area contributed by atoms with Gasteiger partial charge < -0.3 is 15.4 Å². The van der Waals surface area contributed by atoms with Crippen molar-refractivity contribution in [2.24, 2.45) is 15.4 Å². The van der Waals surface area contributed by atoms with Crippen molar-refractivity contribution in [3.8, 4) is 0 Å². The van der Waals surface area contributed by atoms with Gasteiger partial charge in [-0.15, -0.1) is 17.3 Å². The lowest BCUT2D eigenvalue weighted by atomic mass is 11.1. The Morgan fingerprint density at radius 3 is 2.77 bits per heavy atom. The lowest BCUT2D eigenvalue weighted by molar-refractivity contribution is -1.46. The number of ether oxygens (including phenoxy) is 1. The summed E-state index contributed by atoms with van der Waals surface area (Å²) >= 11 is 0. The summed E-state index contributed by atoms with van der Waals surface area (Å²) in [7, 11) is 2.96. The van der Waals surface area contributed by atoms with E-state index < -0.39 is 0 Å². The molecule has 0 aliphatic rings. The lowest BCUT2D eigenvalue weighted by Gasteiger charge is -2.33. The fraction of sp³-hybridized carbons (Fsp3) is 0.800. The molecule has 0 aliphatic heterocycles. The lowest BCUT2D eigenvalue weighted by Crippen LogP contribution is -3.55. The fourth-order valence-corrected chi connectivity index (χ4v) is 0.577. The molecule has 0 aromatic rings. The Morgan fingerprint density at radius 1 is 1.62 bits per heavy atom. The van der Waals surface area contributed by atoms with E-state index in [-0.39, 0.29) is 18.6 Å². The first-order valence-electron chi connectivity index (χ1n) is 3.59. The minimum absolute atomic E-state index is 0.0469. The predicted octanol–water partition coefficient (Wildman–Crippen LogP) is -2.28. The maximum absolute atomic E-state index is 10.8. The van der Waals surface area contributed by atoms with Crippen LogP contribution >= 0.6 is 0 Å². The normalized spacial score (nSPS) is 15.9. The first-order chi connectivity index (χ1) is 6.22. The number of quaternary nitrogens is 2. The van der Waals surface area contributed by atoms with Gasteiger partial charge in [-0.25, -0.2) is 10.3 Å². The van der Waals surface area contributed by atoms with Crippen molar-refractivity contribution in [3.63, 3.8) is 0 Å². The van der Waals surface area contributed by atoms with Crippen LogP contribution in [0.4, 0.5) is 0 Å². The predicted molar refractivity (Wildman–Crippen MR) is 45.7 cm³/mol. The smallest absolute Gasteiger partial charge is 0.217 e. The summed E-state index contributed by atoms with van der Waals surface area (Å²) in [5, 5.41) is 20.9. The highest BCUT2D eigenvalue weighted by Crippen LogP contribution is 1.75. The van der Waals surface area contributed by atoms with E-state index in [1.807, 2.05) is 0 Å². The molecular weight excluding hydrogens is 176 g/mol. The number of rotatable bonds is 7. The summed E-state index contributed by atoms with van der Waals surface area (Å²) in [6.07, 6.45) is 0. The van der Waals surface area contributed by atoms with Crippen LogP contribution in [-0.4, -0.2) is 34.3 Å². The number of hydroxylamine groups is 1. The molecule has 8 heteroatoms. The van der Waals surface area contributed by atoms with Crippen molar-refractivity contribution in [3.05, 3.63) is 10.6 Å². The summed E-state index contributed by atoms with van der Waals surface area (Å²) in [5.74, 6) is 0. The molecule has 0 bridgehead atoms. The van der Waals surface area contributed by atoms with E-state index >= 15 is 0 Å². The standard InChI is InChI=1S/C5H14N6O2/c1-6-9-8-4-13-5-11(7-2)10(3)12/h10-11H,1,4-5H2,2-3H3. The molecule has 0 aliphatic carbocycles. The van der Waals surface area contributed by atoms with Crippen LogP contribution in [0.5, 0.6) is 0 Å². The molecule has 0 spiro atoms. The van der Waals surface area contributed by atoms with Crippen molar-refractivity contribution >= 4 is 6.72 Å². The Balaban J connectivity index is 3.49. The van der Waals surface area contributed by atoms with Crippen LogP contribution in [0.3, 0.4) is 0 Å². The molecule has 0 fully saturated rings. The zero-order valence-corrected chi connectivity index (χ0v) is 7.73. The molecule has 0 aromatic heterocycles. The first-order valence-corrected chi connectivity index (χ1v) is 3.59. The van der Waals surface area contributed by atoms with E-state index in [1.54, 1.807) is 0 Å². The van der Waals surface area contributed by atoms with Crippen LogP contribution in [0.1, 0.15) is 0 Å². The van der Waals surface area contributed by atoms with Gasteiger partial charge in [0.25, 0.3) is 0 Å². The molecule has 0 heterocycles. The number of hydrogen-bond acceptors (Lipinski definition) is 4. The SMILES string of the molecule is C=NN=NCOC[NH+]([N-]C)[NH+](C)[O-]. The Bertz CT molecular complexity index is 161. The molecule has 76 valence electrons. The third kappa shape index (κ3) is 6.25. The number of hydrogen-bond donors (Lipinski definition) is 2. The second-order valence-electron chi connectivity index (χ2n) is 2.08. The van der Waals surface area contributed by atoms with E-state index in [9.17, 15) is 5.21 Å². The Labute approximate surface area is 76.4 Å². The van der Waals surface area contributed by atoms with Gasteiger partial charge in [-0.3, -0.25) is 0 Å². The zero-order chi connectivity index (χ0) is 10.1. The molecule has 0 radical (unpaired) electrons. The van der Waals surface area contributed by atoms with E-state index in [2.05, 4.69) is 27.6 Å². The number of nitrogens with one attached hydrogen (secondary N) is 2. The third-order valence-electron chi connectivity index (χ3n) is 1.19. The monoisotopic (exact) mass is 190 g/mol. The molecule has 0 rings (SSSR count). The Hall–Kier alpha value is -0.930. The van der Waals surface area contributed by atoms with Crippen LogP contribution < -0.4 is 10.3 Å². The van der Waals surface area contributed by atoms with Crippen LogP contribution in [0, 0.1) is 5.21 Å². The molecular formula is C5H14N6O2. The maximum Gasteiger partial charge on any atom is 0.217 e. The second-order valence-corrected chi connectivity index (χ2v) is 2.08. The Morgan fingerprint density at radius 2 is 2.31 bits per heavy atom. The molecule has 2 atom stereocenters. The minimum atomic E-state index is -0.110.